The summed E-state index contributed by atoms with van der Waals surface area (Å²) in [5.41, 5.74) is 11.9. The normalized spacial score (nSPS) is 14.8. The van der Waals surface area contributed by atoms with E-state index in [0.29, 0.717) is 0 Å². The van der Waals surface area contributed by atoms with Crippen LogP contribution in [-0.2, 0) is 0 Å². The first kappa shape index (κ1) is 12.9. The SMILES string of the molecule is CC(C)(N)C(C)(C)C(C)(C)CCN. The van der Waals surface area contributed by atoms with Gasteiger partial charge in [0, 0.05) is 5.54 Å². The van der Waals surface area contributed by atoms with Crippen LogP contribution >= 0.6 is 0 Å². The minimum atomic E-state index is -0.175. The van der Waals surface area contributed by atoms with Gasteiger partial charge >= 0.3 is 0 Å². The Labute approximate surface area is 83.1 Å². The molecule has 0 saturated carbocycles. The van der Waals surface area contributed by atoms with Crippen molar-refractivity contribution in [3.8, 4) is 0 Å². The highest BCUT2D eigenvalue weighted by Crippen LogP contribution is 2.47. The van der Waals surface area contributed by atoms with E-state index in [1.54, 1.807) is 0 Å². The van der Waals surface area contributed by atoms with Crippen LogP contribution in [0.4, 0.5) is 0 Å². The van der Waals surface area contributed by atoms with Gasteiger partial charge in [-0.1, -0.05) is 27.7 Å². The lowest BCUT2D eigenvalue weighted by Crippen LogP contribution is -2.55. The van der Waals surface area contributed by atoms with Gasteiger partial charge in [-0.3, -0.25) is 0 Å². The maximum absolute atomic E-state index is 6.19. The van der Waals surface area contributed by atoms with Crippen molar-refractivity contribution in [2.75, 3.05) is 6.54 Å². The molecule has 0 aliphatic carbocycles. The Morgan fingerprint density at radius 3 is 1.54 bits per heavy atom. The van der Waals surface area contributed by atoms with E-state index in [-0.39, 0.29) is 16.4 Å². The van der Waals surface area contributed by atoms with Crippen molar-refractivity contribution in [2.45, 2.75) is 53.5 Å². The van der Waals surface area contributed by atoms with E-state index in [0.717, 1.165) is 13.0 Å². The molecule has 0 aliphatic rings. The summed E-state index contributed by atoms with van der Waals surface area (Å²) in [6.45, 7) is 13.8. The highest BCUT2D eigenvalue weighted by atomic mass is 14.8. The predicted molar refractivity (Wildman–Crippen MR) is 59.5 cm³/mol. The summed E-state index contributed by atoms with van der Waals surface area (Å²) in [6.07, 6.45) is 1.01. The Balaban J connectivity index is 4.81. The van der Waals surface area contributed by atoms with E-state index in [4.69, 9.17) is 11.5 Å². The molecule has 0 heterocycles. The van der Waals surface area contributed by atoms with Gasteiger partial charge in [0.15, 0.2) is 0 Å². The second-order valence-electron chi connectivity index (χ2n) is 5.77. The zero-order valence-corrected chi connectivity index (χ0v) is 10.1. The van der Waals surface area contributed by atoms with E-state index in [1.165, 1.54) is 0 Å². The van der Waals surface area contributed by atoms with Crippen molar-refractivity contribution >= 4 is 0 Å². The fourth-order valence-corrected chi connectivity index (χ4v) is 1.55. The van der Waals surface area contributed by atoms with E-state index < -0.39 is 0 Å². The van der Waals surface area contributed by atoms with Crippen molar-refractivity contribution in [2.24, 2.45) is 22.3 Å². The van der Waals surface area contributed by atoms with Crippen LogP contribution in [-0.4, -0.2) is 12.1 Å². The quantitative estimate of drug-likeness (QED) is 0.706. The molecule has 0 bridgehead atoms. The van der Waals surface area contributed by atoms with Gasteiger partial charge in [-0.05, 0) is 37.6 Å². The van der Waals surface area contributed by atoms with Gasteiger partial charge in [0.2, 0.25) is 0 Å². The lowest BCUT2D eigenvalue weighted by molar-refractivity contribution is 0.0300. The topological polar surface area (TPSA) is 52.0 Å². The number of hydrogen-bond donors (Lipinski definition) is 2. The minimum absolute atomic E-state index is 0.0827. The van der Waals surface area contributed by atoms with Crippen LogP contribution in [0, 0.1) is 10.8 Å². The minimum Gasteiger partial charge on any atom is -0.330 e. The molecule has 0 aromatic heterocycles. The van der Waals surface area contributed by atoms with Gasteiger partial charge in [0.25, 0.3) is 0 Å². The third-order valence-corrected chi connectivity index (χ3v) is 4.07. The Hall–Kier alpha value is -0.0800. The standard InChI is InChI=1S/C11H26N2/c1-9(2,7-8-12)10(3,4)11(5,6)13/h7-8,12-13H2,1-6H3. The molecule has 13 heavy (non-hydrogen) atoms. The summed E-state index contributed by atoms with van der Waals surface area (Å²) in [4.78, 5) is 0. The first-order valence-corrected chi connectivity index (χ1v) is 5.05. The number of hydrogen-bond acceptors (Lipinski definition) is 2. The van der Waals surface area contributed by atoms with Crippen LogP contribution in [0.2, 0.25) is 0 Å². The molecular weight excluding hydrogens is 160 g/mol. The fourth-order valence-electron chi connectivity index (χ4n) is 1.55. The molecule has 0 fully saturated rings. The van der Waals surface area contributed by atoms with Gasteiger partial charge in [-0.25, -0.2) is 0 Å². The van der Waals surface area contributed by atoms with Gasteiger partial charge in [0.05, 0.1) is 0 Å². The first-order valence-electron chi connectivity index (χ1n) is 5.05. The largest absolute Gasteiger partial charge is 0.330 e. The molecule has 0 unspecified atom stereocenters. The lowest BCUT2D eigenvalue weighted by Gasteiger charge is -2.50. The van der Waals surface area contributed by atoms with Crippen LogP contribution in [0.25, 0.3) is 0 Å². The monoisotopic (exact) mass is 186 g/mol. The van der Waals surface area contributed by atoms with Crippen molar-refractivity contribution < 1.29 is 0 Å². The molecule has 0 amide bonds. The van der Waals surface area contributed by atoms with E-state index >= 15 is 0 Å². The Kier molecular flexibility index (Phi) is 3.56. The summed E-state index contributed by atoms with van der Waals surface area (Å²) in [5, 5.41) is 0. The molecule has 0 spiro atoms. The van der Waals surface area contributed by atoms with Gasteiger partial charge < -0.3 is 11.5 Å². The molecule has 0 atom stereocenters. The van der Waals surface area contributed by atoms with Gasteiger partial charge in [-0.2, -0.15) is 0 Å². The molecule has 0 aromatic carbocycles. The van der Waals surface area contributed by atoms with Crippen molar-refractivity contribution in [3.05, 3.63) is 0 Å². The first-order chi connectivity index (χ1) is 5.56. The maximum Gasteiger partial charge on any atom is 0.0154 e. The number of nitrogens with two attached hydrogens (primary N) is 2. The summed E-state index contributed by atoms with van der Waals surface area (Å²) in [6, 6.07) is 0. The molecule has 0 saturated heterocycles. The highest BCUT2D eigenvalue weighted by Gasteiger charge is 2.45. The van der Waals surface area contributed by atoms with Crippen LogP contribution in [0.5, 0.6) is 0 Å². The molecule has 0 aliphatic heterocycles. The van der Waals surface area contributed by atoms with Gasteiger partial charge in [0.1, 0.15) is 0 Å². The third kappa shape index (κ3) is 2.44. The smallest absolute Gasteiger partial charge is 0.0154 e. The molecular formula is C11H26N2. The Morgan fingerprint density at radius 2 is 1.31 bits per heavy atom. The second-order valence-corrected chi connectivity index (χ2v) is 5.77. The molecule has 2 nitrogen and oxygen atoms in total. The van der Waals surface area contributed by atoms with E-state index in [1.807, 2.05) is 0 Å². The van der Waals surface area contributed by atoms with Crippen LogP contribution in [0.1, 0.15) is 48.0 Å². The van der Waals surface area contributed by atoms with Crippen molar-refractivity contribution in [1.82, 2.24) is 0 Å². The molecule has 0 rings (SSSR count). The lowest BCUT2D eigenvalue weighted by atomic mass is 9.58. The predicted octanol–water partition coefficient (Wildman–Crippen LogP) is 2.12. The average Bonchev–Trinajstić information content (AvgIpc) is 1.84. The highest BCUT2D eigenvalue weighted by molar-refractivity contribution is 4.99. The molecule has 0 aromatic rings. The van der Waals surface area contributed by atoms with Crippen molar-refractivity contribution in [3.63, 3.8) is 0 Å². The number of rotatable bonds is 4. The third-order valence-electron chi connectivity index (χ3n) is 4.07. The molecule has 4 N–H and O–H groups in total. The molecule has 80 valence electrons. The molecule has 0 radical (unpaired) electrons. The van der Waals surface area contributed by atoms with Gasteiger partial charge in [-0.15, -0.1) is 0 Å². The zero-order valence-electron chi connectivity index (χ0n) is 10.1. The van der Waals surface area contributed by atoms with Crippen LogP contribution in [0.15, 0.2) is 0 Å². The Morgan fingerprint density at radius 1 is 0.923 bits per heavy atom. The summed E-state index contributed by atoms with van der Waals surface area (Å²) in [7, 11) is 0. The average molecular weight is 186 g/mol. The zero-order chi connectivity index (χ0) is 10.9. The van der Waals surface area contributed by atoms with Crippen LogP contribution < -0.4 is 11.5 Å². The van der Waals surface area contributed by atoms with E-state index in [2.05, 4.69) is 41.5 Å². The second kappa shape index (κ2) is 3.58. The summed E-state index contributed by atoms with van der Waals surface area (Å²) in [5.74, 6) is 0. The fraction of sp³-hybridized carbons (Fsp3) is 1.00. The summed E-state index contributed by atoms with van der Waals surface area (Å²) < 4.78 is 0. The summed E-state index contributed by atoms with van der Waals surface area (Å²) >= 11 is 0. The molecule has 2 heteroatoms. The Bertz CT molecular complexity index is 163. The maximum atomic E-state index is 6.19. The van der Waals surface area contributed by atoms with Crippen molar-refractivity contribution in [1.29, 1.82) is 0 Å². The van der Waals surface area contributed by atoms with Crippen LogP contribution in [0.3, 0.4) is 0 Å². The van der Waals surface area contributed by atoms with E-state index in [9.17, 15) is 0 Å².